The molecule has 8 aromatic rings. The Morgan fingerprint density at radius 2 is 0.950 bits per heavy atom. The Morgan fingerprint density at radius 1 is 0.425 bits per heavy atom. The SMILES string of the molecule is Fc1cc(N(c2c3ccccc3cc3ccccc23)c2ccc3ccc4cccc5ccc2c3c45)cc(F)c1F. The Labute approximate surface area is 227 Å². The van der Waals surface area contributed by atoms with Gasteiger partial charge in [-0.1, -0.05) is 97.1 Å². The molecular formula is C36H20F3N. The first-order valence-electron chi connectivity index (χ1n) is 13.1. The monoisotopic (exact) mass is 523 g/mol. The molecule has 0 atom stereocenters. The largest absolute Gasteiger partial charge is 0.308 e. The maximum absolute atomic E-state index is 14.9. The van der Waals surface area contributed by atoms with Gasteiger partial charge in [0.2, 0.25) is 0 Å². The minimum absolute atomic E-state index is 0.202. The van der Waals surface area contributed by atoms with E-state index in [0.717, 1.165) is 77.4 Å². The highest BCUT2D eigenvalue weighted by atomic mass is 19.2. The number of halogens is 3. The van der Waals surface area contributed by atoms with Crippen molar-refractivity contribution in [2.75, 3.05) is 4.90 Å². The molecule has 40 heavy (non-hydrogen) atoms. The average Bonchev–Trinajstić information content (AvgIpc) is 2.99. The molecular weight excluding hydrogens is 503 g/mol. The van der Waals surface area contributed by atoms with Crippen LogP contribution in [0.4, 0.5) is 30.2 Å². The van der Waals surface area contributed by atoms with Gasteiger partial charge in [-0.2, -0.15) is 0 Å². The second-order valence-electron chi connectivity index (χ2n) is 10.2. The molecule has 1 nitrogen and oxygen atoms in total. The number of hydrogen-bond acceptors (Lipinski definition) is 1. The molecule has 0 unspecified atom stereocenters. The lowest BCUT2D eigenvalue weighted by atomic mass is 9.92. The van der Waals surface area contributed by atoms with Crippen LogP contribution in [0.5, 0.6) is 0 Å². The summed E-state index contributed by atoms with van der Waals surface area (Å²) in [5.41, 5.74) is 1.72. The molecule has 8 aromatic carbocycles. The molecule has 0 amide bonds. The van der Waals surface area contributed by atoms with E-state index in [1.165, 1.54) is 0 Å². The zero-order chi connectivity index (χ0) is 27.0. The standard InChI is InChI=1S/C36H20F3N/c37-30-19-26(20-31(38)35(30)39)40(36-27-10-3-1-6-24(27)18-25-7-2-4-11-28(25)36)32-17-15-23-13-12-21-8-5-9-22-14-16-29(32)34(23)33(21)22/h1-20H. The van der Waals surface area contributed by atoms with Gasteiger partial charge in [0.25, 0.3) is 0 Å². The lowest BCUT2D eigenvalue weighted by Gasteiger charge is -2.30. The van der Waals surface area contributed by atoms with E-state index in [1.807, 2.05) is 71.6 Å². The lowest BCUT2D eigenvalue weighted by Crippen LogP contribution is -2.13. The Balaban J connectivity index is 1.57. The van der Waals surface area contributed by atoms with Crippen LogP contribution in [0.15, 0.2) is 121 Å². The van der Waals surface area contributed by atoms with E-state index in [-0.39, 0.29) is 5.69 Å². The summed E-state index contributed by atoms with van der Waals surface area (Å²) in [4.78, 5) is 1.88. The van der Waals surface area contributed by atoms with E-state index >= 15 is 0 Å². The first-order valence-corrected chi connectivity index (χ1v) is 13.1. The third-order valence-corrected chi connectivity index (χ3v) is 7.94. The van der Waals surface area contributed by atoms with E-state index in [4.69, 9.17) is 0 Å². The van der Waals surface area contributed by atoms with Crippen molar-refractivity contribution < 1.29 is 13.2 Å². The van der Waals surface area contributed by atoms with E-state index in [9.17, 15) is 13.2 Å². The predicted octanol–water partition coefficient (Wildman–Crippen LogP) is 10.8. The topological polar surface area (TPSA) is 3.24 Å². The molecule has 0 saturated heterocycles. The second kappa shape index (κ2) is 8.45. The van der Waals surface area contributed by atoms with Crippen LogP contribution in [0.25, 0.3) is 53.9 Å². The molecule has 0 spiro atoms. The molecule has 0 saturated carbocycles. The maximum atomic E-state index is 14.9. The van der Waals surface area contributed by atoms with E-state index < -0.39 is 17.5 Å². The fourth-order valence-electron chi connectivity index (χ4n) is 6.21. The predicted molar refractivity (Wildman–Crippen MR) is 160 cm³/mol. The molecule has 0 aliphatic heterocycles. The fourth-order valence-corrected chi connectivity index (χ4v) is 6.21. The van der Waals surface area contributed by atoms with Crippen molar-refractivity contribution in [3.05, 3.63) is 139 Å². The molecule has 0 fully saturated rings. The maximum Gasteiger partial charge on any atom is 0.194 e. The average molecular weight is 524 g/mol. The Bertz CT molecular complexity index is 2180. The highest BCUT2D eigenvalue weighted by Crippen LogP contribution is 2.48. The van der Waals surface area contributed by atoms with Gasteiger partial charge in [0.15, 0.2) is 17.5 Å². The first kappa shape index (κ1) is 22.9. The smallest absolute Gasteiger partial charge is 0.194 e. The summed E-state index contributed by atoms with van der Waals surface area (Å²) in [6.07, 6.45) is 0. The molecule has 0 aliphatic rings. The number of hydrogen-bond donors (Lipinski definition) is 0. The molecule has 0 bridgehead atoms. The minimum atomic E-state index is -1.48. The summed E-state index contributed by atoms with van der Waals surface area (Å²) < 4.78 is 44.0. The zero-order valence-corrected chi connectivity index (χ0v) is 21.1. The molecule has 0 radical (unpaired) electrons. The van der Waals surface area contributed by atoms with Crippen molar-refractivity contribution in [2.24, 2.45) is 0 Å². The highest BCUT2D eigenvalue weighted by Gasteiger charge is 2.24. The van der Waals surface area contributed by atoms with E-state index in [1.54, 1.807) is 0 Å². The van der Waals surface area contributed by atoms with Crippen LogP contribution >= 0.6 is 0 Å². The van der Waals surface area contributed by atoms with E-state index in [2.05, 4.69) is 42.5 Å². The quantitative estimate of drug-likeness (QED) is 0.126. The van der Waals surface area contributed by atoms with E-state index in [0.29, 0.717) is 0 Å². The molecule has 0 aromatic heterocycles. The van der Waals surface area contributed by atoms with Crippen LogP contribution in [0.1, 0.15) is 0 Å². The molecule has 8 rings (SSSR count). The van der Waals surface area contributed by atoms with Crippen LogP contribution < -0.4 is 4.90 Å². The van der Waals surface area contributed by atoms with Crippen LogP contribution in [0, 0.1) is 17.5 Å². The number of rotatable bonds is 3. The summed E-state index contributed by atoms with van der Waals surface area (Å²) >= 11 is 0. The normalized spacial score (nSPS) is 11.9. The summed E-state index contributed by atoms with van der Waals surface area (Å²) in [5.74, 6) is -3.95. The number of nitrogens with zero attached hydrogens (tertiary/aromatic N) is 1. The van der Waals surface area contributed by atoms with Crippen molar-refractivity contribution in [1.82, 2.24) is 0 Å². The van der Waals surface area contributed by atoms with Gasteiger partial charge in [-0.25, -0.2) is 13.2 Å². The van der Waals surface area contributed by atoms with Crippen LogP contribution in [-0.4, -0.2) is 0 Å². The van der Waals surface area contributed by atoms with Crippen molar-refractivity contribution >= 4 is 70.9 Å². The third kappa shape index (κ3) is 3.23. The van der Waals surface area contributed by atoms with Gasteiger partial charge >= 0.3 is 0 Å². The second-order valence-corrected chi connectivity index (χ2v) is 10.2. The van der Waals surface area contributed by atoms with Gasteiger partial charge in [-0.3, -0.25) is 0 Å². The van der Waals surface area contributed by atoms with Gasteiger partial charge in [-0.05, 0) is 49.8 Å². The fraction of sp³-hybridized carbons (Fsp3) is 0. The molecule has 0 aliphatic carbocycles. The van der Waals surface area contributed by atoms with Crippen molar-refractivity contribution in [3.63, 3.8) is 0 Å². The summed E-state index contributed by atoms with van der Waals surface area (Å²) in [6, 6.07) is 38.8. The van der Waals surface area contributed by atoms with Gasteiger partial charge in [0.1, 0.15) is 0 Å². The number of fused-ring (bicyclic) bond motifs is 2. The highest BCUT2D eigenvalue weighted by molar-refractivity contribution is 6.26. The van der Waals surface area contributed by atoms with Gasteiger partial charge in [0.05, 0.1) is 17.1 Å². The molecule has 4 heteroatoms. The van der Waals surface area contributed by atoms with Crippen molar-refractivity contribution in [1.29, 1.82) is 0 Å². The minimum Gasteiger partial charge on any atom is -0.308 e. The Hall–Kier alpha value is -5.09. The Kier molecular flexibility index (Phi) is 4.83. The lowest BCUT2D eigenvalue weighted by molar-refractivity contribution is 0.447. The third-order valence-electron chi connectivity index (χ3n) is 7.94. The van der Waals surface area contributed by atoms with Gasteiger partial charge in [-0.15, -0.1) is 0 Å². The number of benzene rings is 8. The Morgan fingerprint density at radius 3 is 1.60 bits per heavy atom. The molecule has 0 heterocycles. The summed E-state index contributed by atoms with van der Waals surface area (Å²) in [6.45, 7) is 0. The zero-order valence-electron chi connectivity index (χ0n) is 21.1. The first-order chi connectivity index (χ1) is 19.6. The van der Waals surface area contributed by atoms with Crippen molar-refractivity contribution in [2.45, 2.75) is 0 Å². The molecule has 0 N–H and O–H groups in total. The van der Waals surface area contributed by atoms with Crippen LogP contribution in [0.3, 0.4) is 0 Å². The summed E-state index contributed by atoms with van der Waals surface area (Å²) in [5, 5.41) is 10.3. The van der Waals surface area contributed by atoms with Crippen LogP contribution in [0.2, 0.25) is 0 Å². The van der Waals surface area contributed by atoms with Gasteiger partial charge in [0, 0.05) is 28.3 Å². The van der Waals surface area contributed by atoms with Gasteiger partial charge < -0.3 is 4.90 Å². The number of anilines is 3. The van der Waals surface area contributed by atoms with Crippen LogP contribution in [-0.2, 0) is 0 Å². The molecule has 190 valence electrons. The summed E-state index contributed by atoms with van der Waals surface area (Å²) in [7, 11) is 0. The van der Waals surface area contributed by atoms with Crippen molar-refractivity contribution in [3.8, 4) is 0 Å².